The average Bonchev–Trinajstić information content (AvgIpc) is 2.60. The van der Waals surface area contributed by atoms with Crippen molar-refractivity contribution >= 4 is 13.0 Å². The third kappa shape index (κ3) is 6.76. The first-order chi connectivity index (χ1) is 12.0. The zero-order valence-electron chi connectivity index (χ0n) is 14.6. The molecule has 1 heterocycles. The van der Waals surface area contributed by atoms with Gasteiger partial charge in [0.15, 0.2) is 0 Å². The van der Waals surface area contributed by atoms with E-state index in [1.807, 2.05) is 4.90 Å². The van der Waals surface area contributed by atoms with Crippen LogP contribution < -0.4 is 5.73 Å². The molecule has 0 saturated carbocycles. The van der Waals surface area contributed by atoms with Crippen molar-refractivity contribution in [2.75, 3.05) is 13.1 Å². The first kappa shape index (κ1) is 19.9. The molecule has 4 N–H and O–H groups in total. The molecule has 1 atom stereocenters. The molecule has 1 aliphatic heterocycles. The van der Waals surface area contributed by atoms with E-state index in [1.54, 1.807) is 12.1 Å². The van der Waals surface area contributed by atoms with E-state index < -0.39 is 7.12 Å². The second-order valence-corrected chi connectivity index (χ2v) is 6.95. The maximum Gasteiger partial charge on any atom is 0.451 e. The quantitative estimate of drug-likeness (QED) is 0.491. The molecule has 5 nitrogen and oxygen atoms in total. The Bertz CT molecular complexity index is 534. The number of unbranched alkanes of at least 4 members (excludes halogenated alkanes) is 1. The minimum absolute atomic E-state index is 0.0792. The van der Waals surface area contributed by atoms with Gasteiger partial charge in [-0.2, -0.15) is 0 Å². The van der Waals surface area contributed by atoms with Crippen molar-refractivity contribution in [3.63, 3.8) is 0 Å². The molecule has 2 rings (SSSR count). The molecule has 1 aromatic rings. The second-order valence-electron chi connectivity index (χ2n) is 6.95. The van der Waals surface area contributed by atoms with Crippen LogP contribution in [0.25, 0.3) is 0 Å². The van der Waals surface area contributed by atoms with Crippen LogP contribution in [0.5, 0.6) is 0 Å². The van der Waals surface area contributed by atoms with E-state index in [0.29, 0.717) is 31.7 Å². The Morgan fingerprint density at radius 3 is 2.48 bits per heavy atom. The summed E-state index contributed by atoms with van der Waals surface area (Å²) in [6.07, 6.45) is 5.03. The average molecular weight is 350 g/mol. The Kier molecular flexibility index (Phi) is 7.87. The fraction of sp³-hybridized carbons (Fsp3) is 0.611. The van der Waals surface area contributed by atoms with E-state index in [-0.39, 0.29) is 17.8 Å². The van der Waals surface area contributed by atoms with Gasteiger partial charge in [-0.05, 0) is 49.2 Å². The minimum atomic E-state index is -1.23. The van der Waals surface area contributed by atoms with Crippen molar-refractivity contribution < 1.29 is 19.2 Å². The normalized spacial score (nSPS) is 16.7. The topological polar surface area (TPSA) is 86.8 Å². The van der Waals surface area contributed by atoms with Gasteiger partial charge in [0.05, 0.1) is 6.42 Å². The zero-order valence-corrected chi connectivity index (χ0v) is 14.6. The largest absolute Gasteiger partial charge is 0.451 e. The van der Waals surface area contributed by atoms with Crippen LogP contribution in [0.2, 0.25) is 6.32 Å². The highest BCUT2D eigenvalue weighted by Gasteiger charge is 2.26. The zero-order chi connectivity index (χ0) is 18.2. The fourth-order valence-corrected chi connectivity index (χ4v) is 3.41. The van der Waals surface area contributed by atoms with Crippen LogP contribution in [-0.4, -0.2) is 47.1 Å². The number of likely N-dealkylation sites (tertiary alicyclic amines) is 1. The lowest BCUT2D eigenvalue weighted by Crippen LogP contribution is -2.44. The number of hydrogen-bond donors (Lipinski definition) is 3. The van der Waals surface area contributed by atoms with E-state index in [1.165, 1.54) is 12.1 Å². The summed E-state index contributed by atoms with van der Waals surface area (Å²) in [4.78, 5) is 14.2. The van der Waals surface area contributed by atoms with Crippen LogP contribution in [0.1, 0.15) is 37.7 Å². The standard InChI is InChI=1S/C18H28BFN2O3/c20-16-6-4-14(5-7-16)13-18(23)22-11-8-15(9-12-22)17(21)3-1-2-10-19(24)25/h4-7,15,17,24-25H,1-3,8-13,21H2. The van der Waals surface area contributed by atoms with E-state index >= 15 is 0 Å². The van der Waals surface area contributed by atoms with E-state index in [4.69, 9.17) is 15.8 Å². The summed E-state index contributed by atoms with van der Waals surface area (Å²) in [6.45, 7) is 1.43. The number of nitrogens with two attached hydrogens (primary N) is 1. The summed E-state index contributed by atoms with van der Waals surface area (Å²) in [5.41, 5.74) is 7.09. The summed E-state index contributed by atoms with van der Waals surface area (Å²) >= 11 is 0. The maximum atomic E-state index is 12.9. The SMILES string of the molecule is NC(CCCCB(O)O)C1CCN(C(=O)Cc2ccc(F)cc2)CC1. The van der Waals surface area contributed by atoms with Crippen molar-refractivity contribution in [2.24, 2.45) is 11.7 Å². The first-order valence-electron chi connectivity index (χ1n) is 9.09. The molecule has 1 unspecified atom stereocenters. The molecule has 1 amide bonds. The molecule has 1 aliphatic rings. The highest BCUT2D eigenvalue weighted by atomic mass is 19.1. The number of piperidine rings is 1. The van der Waals surface area contributed by atoms with Gasteiger partial charge >= 0.3 is 7.12 Å². The van der Waals surface area contributed by atoms with Gasteiger partial charge in [-0.15, -0.1) is 0 Å². The molecule has 0 spiro atoms. The van der Waals surface area contributed by atoms with Crippen LogP contribution in [0.3, 0.4) is 0 Å². The van der Waals surface area contributed by atoms with Crippen LogP contribution in [0.4, 0.5) is 4.39 Å². The van der Waals surface area contributed by atoms with Gasteiger partial charge < -0.3 is 20.7 Å². The Morgan fingerprint density at radius 2 is 1.88 bits per heavy atom. The smallest absolute Gasteiger partial charge is 0.427 e. The molecule has 1 fully saturated rings. The predicted molar refractivity (Wildman–Crippen MR) is 96.2 cm³/mol. The number of carbonyl (C=O) groups is 1. The number of nitrogens with zero attached hydrogens (tertiary/aromatic N) is 1. The lowest BCUT2D eigenvalue weighted by Gasteiger charge is -2.35. The van der Waals surface area contributed by atoms with Gasteiger partial charge in [0.2, 0.25) is 5.91 Å². The number of amides is 1. The summed E-state index contributed by atoms with van der Waals surface area (Å²) in [7, 11) is -1.23. The lowest BCUT2D eigenvalue weighted by atomic mass is 9.82. The van der Waals surface area contributed by atoms with Crippen molar-refractivity contribution in [3.8, 4) is 0 Å². The molecule has 1 aromatic carbocycles. The molecular formula is C18H28BFN2O3. The van der Waals surface area contributed by atoms with Gasteiger partial charge in [-0.3, -0.25) is 4.79 Å². The van der Waals surface area contributed by atoms with Crippen LogP contribution in [0, 0.1) is 11.7 Å². The Balaban J connectivity index is 1.69. The summed E-state index contributed by atoms with van der Waals surface area (Å²) in [6, 6.07) is 6.16. The van der Waals surface area contributed by atoms with Crippen molar-refractivity contribution in [2.45, 2.75) is 50.9 Å². The monoisotopic (exact) mass is 350 g/mol. The van der Waals surface area contributed by atoms with Crippen molar-refractivity contribution in [1.82, 2.24) is 4.90 Å². The number of rotatable bonds is 8. The Labute approximate surface area is 149 Å². The van der Waals surface area contributed by atoms with Gasteiger partial charge in [-0.25, -0.2) is 4.39 Å². The number of carbonyl (C=O) groups excluding carboxylic acids is 1. The molecule has 1 saturated heterocycles. The molecule has 7 heteroatoms. The van der Waals surface area contributed by atoms with Crippen molar-refractivity contribution in [1.29, 1.82) is 0 Å². The lowest BCUT2D eigenvalue weighted by molar-refractivity contribution is -0.131. The Morgan fingerprint density at radius 1 is 1.24 bits per heavy atom. The third-order valence-corrected chi connectivity index (χ3v) is 5.02. The van der Waals surface area contributed by atoms with Crippen LogP contribution in [0.15, 0.2) is 24.3 Å². The molecule has 0 radical (unpaired) electrons. The molecule has 0 bridgehead atoms. The summed E-state index contributed by atoms with van der Waals surface area (Å²) in [5, 5.41) is 17.7. The van der Waals surface area contributed by atoms with E-state index in [0.717, 1.165) is 37.7 Å². The van der Waals surface area contributed by atoms with Crippen molar-refractivity contribution in [3.05, 3.63) is 35.6 Å². The highest BCUT2D eigenvalue weighted by Crippen LogP contribution is 2.23. The third-order valence-electron chi connectivity index (χ3n) is 5.02. The van der Waals surface area contributed by atoms with E-state index in [9.17, 15) is 9.18 Å². The highest BCUT2D eigenvalue weighted by molar-refractivity contribution is 6.40. The molecule has 25 heavy (non-hydrogen) atoms. The van der Waals surface area contributed by atoms with Crippen LogP contribution in [-0.2, 0) is 11.2 Å². The van der Waals surface area contributed by atoms with Gasteiger partial charge in [0.1, 0.15) is 5.82 Å². The summed E-state index contributed by atoms with van der Waals surface area (Å²) in [5.74, 6) is 0.198. The number of benzene rings is 1. The molecule has 0 aromatic heterocycles. The van der Waals surface area contributed by atoms with Gasteiger partial charge in [-0.1, -0.05) is 25.0 Å². The summed E-state index contributed by atoms with van der Waals surface area (Å²) < 4.78 is 12.9. The first-order valence-corrected chi connectivity index (χ1v) is 9.09. The molecule has 138 valence electrons. The molecule has 0 aliphatic carbocycles. The second kappa shape index (κ2) is 9.90. The Hall–Kier alpha value is -1.44. The fourth-order valence-electron chi connectivity index (χ4n) is 3.41. The minimum Gasteiger partial charge on any atom is -0.427 e. The van der Waals surface area contributed by atoms with Crippen LogP contribution >= 0.6 is 0 Å². The van der Waals surface area contributed by atoms with E-state index in [2.05, 4.69) is 0 Å². The number of hydrogen-bond acceptors (Lipinski definition) is 4. The van der Waals surface area contributed by atoms with Gasteiger partial charge in [0.25, 0.3) is 0 Å². The maximum absolute atomic E-state index is 12.9. The number of halogens is 1. The predicted octanol–water partition coefficient (Wildman–Crippen LogP) is 1.58. The van der Waals surface area contributed by atoms with Gasteiger partial charge in [0, 0.05) is 19.1 Å². The molecular weight excluding hydrogens is 322 g/mol.